The predicted molar refractivity (Wildman–Crippen MR) is 157 cm³/mol. The Balaban J connectivity index is 1.24. The van der Waals surface area contributed by atoms with E-state index in [0.717, 1.165) is 60.1 Å². The molecular formula is C36H39F3. The monoisotopic (exact) mass is 528 g/mol. The van der Waals surface area contributed by atoms with Crippen molar-refractivity contribution in [2.75, 3.05) is 0 Å². The van der Waals surface area contributed by atoms with E-state index in [2.05, 4.69) is 12.7 Å². The summed E-state index contributed by atoms with van der Waals surface area (Å²) in [4.78, 5) is 0. The summed E-state index contributed by atoms with van der Waals surface area (Å²) in [6, 6.07) is 15.9. The van der Waals surface area contributed by atoms with Gasteiger partial charge in [0.25, 0.3) is 0 Å². The zero-order valence-electron chi connectivity index (χ0n) is 23.0. The van der Waals surface area contributed by atoms with Crippen molar-refractivity contribution in [1.29, 1.82) is 0 Å². The summed E-state index contributed by atoms with van der Waals surface area (Å²) < 4.78 is 44.1. The van der Waals surface area contributed by atoms with Crippen molar-refractivity contribution in [2.45, 2.75) is 71.1 Å². The lowest BCUT2D eigenvalue weighted by molar-refractivity contribution is 0.190. The fraction of sp³-hybridized carbons (Fsp3) is 0.389. The van der Waals surface area contributed by atoms with Gasteiger partial charge in [-0.2, -0.15) is 0 Å². The first-order valence-corrected chi connectivity index (χ1v) is 14.7. The molecule has 1 fully saturated rings. The molecule has 0 nitrogen and oxygen atoms in total. The van der Waals surface area contributed by atoms with Gasteiger partial charge in [0.2, 0.25) is 0 Å². The zero-order chi connectivity index (χ0) is 27.4. The smallest absolute Gasteiger partial charge is 0.166 e. The highest BCUT2D eigenvalue weighted by Gasteiger charge is 2.29. The SMILES string of the molecule is C=CCCC1CCC(C2CC=C(c3ccc(-c4ccc(-c5ccc(CC)c(F)c5F)cc4)cc3F)CC2)CC1. The highest BCUT2D eigenvalue weighted by atomic mass is 19.2. The van der Waals surface area contributed by atoms with Crippen LogP contribution in [0, 0.1) is 35.2 Å². The first kappa shape index (κ1) is 27.5. The molecule has 2 aliphatic carbocycles. The van der Waals surface area contributed by atoms with Crippen molar-refractivity contribution < 1.29 is 13.2 Å². The maximum atomic E-state index is 15.3. The summed E-state index contributed by atoms with van der Waals surface area (Å²) in [5.74, 6) is 0.601. The average Bonchev–Trinajstić information content (AvgIpc) is 2.98. The molecule has 0 radical (unpaired) electrons. The Morgan fingerprint density at radius 1 is 0.769 bits per heavy atom. The minimum atomic E-state index is -0.823. The number of hydrogen-bond acceptors (Lipinski definition) is 0. The molecule has 0 aromatic heterocycles. The molecule has 0 bridgehead atoms. The summed E-state index contributed by atoms with van der Waals surface area (Å²) in [6.45, 7) is 5.66. The van der Waals surface area contributed by atoms with Gasteiger partial charge < -0.3 is 0 Å². The Morgan fingerprint density at radius 3 is 2.10 bits per heavy atom. The summed E-state index contributed by atoms with van der Waals surface area (Å²) in [6.07, 6.45) is 15.7. The number of benzene rings is 3. The number of aryl methyl sites for hydroxylation is 1. The molecule has 0 saturated heterocycles. The molecule has 0 aliphatic heterocycles. The van der Waals surface area contributed by atoms with Gasteiger partial charge in [-0.1, -0.05) is 80.4 Å². The molecule has 2 aliphatic rings. The van der Waals surface area contributed by atoms with Gasteiger partial charge in [0.15, 0.2) is 11.6 Å². The molecule has 1 saturated carbocycles. The molecule has 1 atom stereocenters. The van der Waals surface area contributed by atoms with E-state index in [1.807, 2.05) is 30.3 Å². The van der Waals surface area contributed by atoms with E-state index < -0.39 is 11.6 Å². The van der Waals surface area contributed by atoms with Crippen LogP contribution in [0.15, 0.2) is 73.3 Å². The van der Waals surface area contributed by atoms with Crippen LogP contribution in [0.1, 0.15) is 75.8 Å². The summed E-state index contributed by atoms with van der Waals surface area (Å²) in [7, 11) is 0. The molecule has 5 rings (SSSR count). The second-order valence-electron chi connectivity index (χ2n) is 11.4. The maximum absolute atomic E-state index is 15.3. The Bertz CT molecular complexity index is 1330. The fourth-order valence-electron chi connectivity index (χ4n) is 6.71. The molecule has 3 heteroatoms. The molecular weight excluding hydrogens is 489 g/mol. The van der Waals surface area contributed by atoms with Crippen LogP contribution in [0.3, 0.4) is 0 Å². The second kappa shape index (κ2) is 12.4. The molecule has 0 amide bonds. The highest BCUT2D eigenvalue weighted by Crippen LogP contribution is 2.42. The quantitative estimate of drug-likeness (QED) is 0.255. The van der Waals surface area contributed by atoms with Crippen LogP contribution in [0.4, 0.5) is 13.2 Å². The van der Waals surface area contributed by atoms with E-state index in [-0.39, 0.29) is 11.4 Å². The molecule has 0 spiro atoms. The van der Waals surface area contributed by atoms with Crippen LogP contribution in [0.2, 0.25) is 0 Å². The van der Waals surface area contributed by atoms with Crippen LogP contribution in [0.25, 0.3) is 27.8 Å². The van der Waals surface area contributed by atoms with E-state index in [1.165, 1.54) is 32.1 Å². The third kappa shape index (κ3) is 6.08. The standard InChI is InChI=1S/C36H39F3/c1-3-5-6-24-7-9-26(10-8-24)27-11-15-29(16-12-27)32-21-20-31(23-34(32)37)28-13-17-30(18-14-28)33-22-19-25(4-2)35(38)36(33)39/h3,13-15,17-24,26-27H,1,4-12,16H2,2H3. The van der Waals surface area contributed by atoms with E-state index in [9.17, 15) is 8.78 Å². The number of hydrogen-bond donors (Lipinski definition) is 0. The van der Waals surface area contributed by atoms with Crippen LogP contribution < -0.4 is 0 Å². The minimum Gasteiger partial charge on any atom is -0.206 e. The Kier molecular flexibility index (Phi) is 8.75. The second-order valence-corrected chi connectivity index (χ2v) is 11.4. The van der Waals surface area contributed by atoms with Gasteiger partial charge >= 0.3 is 0 Å². The first-order valence-electron chi connectivity index (χ1n) is 14.7. The number of allylic oxidation sites excluding steroid dienone is 3. The number of halogens is 3. The van der Waals surface area contributed by atoms with Gasteiger partial charge in [-0.25, -0.2) is 13.2 Å². The fourth-order valence-corrected chi connectivity index (χ4v) is 6.71. The lowest BCUT2D eigenvalue weighted by Crippen LogP contribution is -2.23. The summed E-state index contributed by atoms with van der Waals surface area (Å²) >= 11 is 0. The first-order chi connectivity index (χ1) is 19.0. The maximum Gasteiger partial charge on any atom is 0.166 e. The van der Waals surface area contributed by atoms with E-state index in [1.54, 1.807) is 37.3 Å². The third-order valence-electron chi connectivity index (χ3n) is 9.18. The van der Waals surface area contributed by atoms with Crippen molar-refractivity contribution in [3.63, 3.8) is 0 Å². The average molecular weight is 529 g/mol. The Hall–Kier alpha value is -3.07. The normalized spacial score (nSPS) is 21.4. The summed E-state index contributed by atoms with van der Waals surface area (Å²) in [5.41, 5.74) is 4.65. The molecule has 204 valence electrons. The van der Waals surface area contributed by atoms with Gasteiger partial charge in [-0.15, -0.1) is 6.58 Å². The zero-order valence-corrected chi connectivity index (χ0v) is 23.0. The van der Waals surface area contributed by atoms with E-state index >= 15 is 4.39 Å². The lowest BCUT2D eigenvalue weighted by atomic mass is 9.70. The van der Waals surface area contributed by atoms with E-state index in [4.69, 9.17) is 0 Å². The predicted octanol–water partition coefficient (Wildman–Crippen LogP) is 11.0. The van der Waals surface area contributed by atoms with Crippen molar-refractivity contribution in [1.82, 2.24) is 0 Å². The molecule has 3 aromatic rings. The highest BCUT2D eigenvalue weighted by molar-refractivity contribution is 5.74. The summed E-state index contributed by atoms with van der Waals surface area (Å²) in [5, 5.41) is 0. The lowest BCUT2D eigenvalue weighted by Gasteiger charge is -2.35. The van der Waals surface area contributed by atoms with Crippen molar-refractivity contribution in [3.05, 3.63) is 102 Å². The van der Waals surface area contributed by atoms with Crippen LogP contribution in [-0.2, 0) is 6.42 Å². The van der Waals surface area contributed by atoms with Crippen LogP contribution in [-0.4, -0.2) is 0 Å². The topological polar surface area (TPSA) is 0 Å². The van der Waals surface area contributed by atoms with Crippen LogP contribution >= 0.6 is 0 Å². The Morgan fingerprint density at radius 2 is 1.46 bits per heavy atom. The molecule has 0 heterocycles. The van der Waals surface area contributed by atoms with E-state index in [0.29, 0.717) is 23.1 Å². The minimum absolute atomic E-state index is 0.202. The molecule has 3 aromatic carbocycles. The van der Waals surface area contributed by atoms with Gasteiger partial charge in [0.05, 0.1) is 0 Å². The number of rotatable bonds is 8. The molecule has 39 heavy (non-hydrogen) atoms. The van der Waals surface area contributed by atoms with Crippen molar-refractivity contribution in [3.8, 4) is 22.3 Å². The molecule has 1 unspecified atom stereocenters. The van der Waals surface area contributed by atoms with Gasteiger partial charge in [-0.05, 0) is 103 Å². The Labute approximate surface area is 231 Å². The van der Waals surface area contributed by atoms with Crippen molar-refractivity contribution >= 4 is 5.57 Å². The largest absolute Gasteiger partial charge is 0.206 e. The van der Waals surface area contributed by atoms with Gasteiger partial charge in [-0.3, -0.25) is 0 Å². The van der Waals surface area contributed by atoms with Crippen LogP contribution in [0.5, 0.6) is 0 Å². The third-order valence-corrected chi connectivity index (χ3v) is 9.18. The molecule has 0 N–H and O–H groups in total. The van der Waals surface area contributed by atoms with Crippen molar-refractivity contribution in [2.24, 2.45) is 17.8 Å². The van der Waals surface area contributed by atoms with Gasteiger partial charge in [0, 0.05) is 11.1 Å². The van der Waals surface area contributed by atoms with Gasteiger partial charge in [0.1, 0.15) is 5.82 Å².